The molecule has 1 atom stereocenters. The fraction of sp³-hybridized carbons (Fsp3) is 0.389. The van der Waals surface area contributed by atoms with Crippen molar-refractivity contribution >= 4 is 15.9 Å². The summed E-state index contributed by atoms with van der Waals surface area (Å²) in [6, 6.07) is 13.1. The number of piperazine rings is 1. The second-order valence-electron chi connectivity index (χ2n) is 6.26. The lowest BCUT2D eigenvalue weighted by molar-refractivity contribution is 0.0968. The van der Waals surface area contributed by atoms with E-state index in [9.17, 15) is 13.2 Å². The van der Waals surface area contributed by atoms with Gasteiger partial charge in [0.1, 0.15) is 0 Å². The van der Waals surface area contributed by atoms with Gasteiger partial charge < -0.3 is 10.2 Å². The number of hydrogen-bond acceptors (Lipinski definition) is 5. The fourth-order valence-corrected chi connectivity index (χ4v) is 4.69. The van der Waals surface area contributed by atoms with Crippen molar-refractivity contribution in [2.45, 2.75) is 24.5 Å². The molecule has 3 rings (SSSR count). The van der Waals surface area contributed by atoms with Gasteiger partial charge in [0.25, 0.3) is 15.9 Å². The summed E-state index contributed by atoms with van der Waals surface area (Å²) in [7, 11) is -3.76. The average molecular weight is 377 g/mol. The standard InChI is InChI=1S/C18H23N3O4S/c1-2-15(14-6-4-3-5-7-14)20-10-12-21(13-11-20)26(23,24)17-9-8-16(25-17)18(19)22/h3-9,15H,2,10-13H2,1H3,(H2,19,22). The van der Waals surface area contributed by atoms with Crippen molar-refractivity contribution in [1.82, 2.24) is 9.21 Å². The molecular weight excluding hydrogens is 354 g/mol. The van der Waals surface area contributed by atoms with Gasteiger partial charge in [-0.3, -0.25) is 9.69 Å². The Morgan fingerprint density at radius 3 is 2.31 bits per heavy atom. The van der Waals surface area contributed by atoms with Crippen LogP contribution < -0.4 is 5.73 Å². The molecule has 2 heterocycles. The van der Waals surface area contributed by atoms with Crippen LogP contribution in [0.1, 0.15) is 35.5 Å². The van der Waals surface area contributed by atoms with E-state index in [1.165, 1.54) is 22.0 Å². The molecule has 0 aliphatic carbocycles. The van der Waals surface area contributed by atoms with Crippen LogP contribution in [0.25, 0.3) is 0 Å². The first-order valence-electron chi connectivity index (χ1n) is 8.62. The van der Waals surface area contributed by atoms with E-state index in [0.717, 1.165) is 6.42 Å². The van der Waals surface area contributed by atoms with Gasteiger partial charge in [0.05, 0.1) is 0 Å². The van der Waals surface area contributed by atoms with E-state index in [-0.39, 0.29) is 16.9 Å². The van der Waals surface area contributed by atoms with E-state index >= 15 is 0 Å². The maximum absolute atomic E-state index is 12.7. The largest absolute Gasteiger partial charge is 0.438 e. The lowest BCUT2D eigenvalue weighted by Crippen LogP contribution is -2.49. The molecule has 0 saturated carbocycles. The molecule has 1 saturated heterocycles. The highest BCUT2D eigenvalue weighted by atomic mass is 32.2. The zero-order valence-corrected chi connectivity index (χ0v) is 15.5. The van der Waals surface area contributed by atoms with Gasteiger partial charge in [0, 0.05) is 32.2 Å². The predicted molar refractivity (Wildman–Crippen MR) is 97.0 cm³/mol. The van der Waals surface area contributed by atoms with Crippen molar-refractivity contribution in [1.29, 1.82) is 0 Å². The Balaban J connectivity index is 1.70. The Morgan fingerprint density at radius 2 is 1.77 bits per heavy atom. The molecule has 1 aromatic carbocycles. The molecule has 0 radical (unpaired) electrons. The molecule has 1 unspecified atom stereocenters. The van der Waals surface area contributed by atoms with E-state index in [1.807, 2.05) is 18.2 Å². The Morgan fingerprint density at radius 1 is 1.12 bits per heavy atom. The summed E-state index contributed by atoms with van der Waals surface area (Å²) in [6.45, 7) is 4.15. The average Bonchev–Trinajstić information content (AvgIpc) is 3.15. The molecule has 7 nitrogen and oxygen atoms in total. The van der Waals surface area contributed by atoms with Gasteiger partial charge in [-0.2, -0.15) is 4.31 Å². The first-order valence-corrected chi connectivity index (χ1v) is 10.1. The molecule has 1 fully saturated rings. The van der Waals surface area contributed by atoms with Crippen LogP contribution in [0.5, 0.6) is 0 Å². The zero-order valence-electron chi connectivity index (χ0n) is 14.7. The number of hydrogen-bond donors (Lipinski definition) is 1. The molecule has 1 aliphatic heterocycles. The van der Waals surface area contributed by atoms with Crippen molar-refractivity contribution in [2.75, 3.05) is 26.2 Å². The number of carbonyl (C=O) groups excluding carboxylic acids is 1. The summed E-state index contributed by atoms with van der Waals surface area (Å²) in [6.07, 6.45) is 0.955. The minimum atomic E-state index is -3.76. The number of nitrogens with zero attached hydrogens (tertiary/aromatic N) is 2. The summed E-state index contributed by atoms with van der Waals surface area (Å²) in [4.78, 5) is 13.4. The minimum Gasteiger partial charge on any atom is -0.438 e. The number of nitrogens with two attached hydrogens (primary N) is 1. The van der Waals surface area contributed by atoms with Gasteiger partial charge in [0.15, 0.2) is 5.76 Å². The Hall–Kier alpha value is -2.16. The molecule has 2 aromatic rings. The monoisotopic (exact) mass is 377 g/mol. The number of sulfonamides is 1. The van der Waals surface area contributed by atoms with Crippen molar-refractivity contribution in [3.05, 3.63) is 53.8 Å². The summed E-state index contributed by atoms with van der Waals surface area (Å²) in [5, 5.41) is -0.241. The third-order valence-corrected chi connectivity index (χ3v) is 6.48. The molecule has 0 bridgehead atoms. The van der Waals surface area contributed by atoms with Crippen LogP contribution >= 0.6 is 0 Å². The fourth-order valence-electron chi connectivity index (χ4n) is 3.35. The molecule has 8 heteroatoms. The highest BCUT2D eigenvalue weighted by Crippen LogP contribution is 2.27. The van der Waals surface area contributed by atoms with Gasteiger partial charge in [-0.05, 0) is 24.1 Å². The Labute approximate surface area is 153 Å². The first kappa shape index (κ1) is 18.6. The van der Waals surface area contributed by atoms with Crippen LogP contribution in [0.3, 0.4) is 0 Å². The maximum Gasteiger partial charge on any atom is 0.284 e. The molecule has 1 aliphatic rings. The van der Waals surface area contributed by atoms with Crippen LogP contribution in [0, 0.1) is 0 Å². The van der Waals surface area contributed by atoms with Crippen molar-refractivity contribution in [3.8, 4) is 0 Å². The number of rotatable bonds is 6. The van der Waals surface area contributed by atoms with Crippen molar-refractivity contribution in [3.63, 3.8) is 0 Å². The van der Waals surface area contributed by atoms with Crippen LogP contribution in [0.2, 0.25) is 0 Å². The smallest absolute Gasteiger partial charge is 0.284 e. The van der Waals surface area contributed by atoms with Gasteiger partial charge in [0.2, 0.25) is 5.09 Å². The van der Waals surface area contributed by atoms with Crippen LogP contribution in [-0.4, -0.2) is 49.7 Å². The van der Waals surface area contributed by atoms with E-state index < -0.39 is 15.9 Å². The number of carbonyl (C=O) groups is 1. The molecule has 2 N–H and O–H groups in total. The van der Waals surface area contributed by atoms with E-state index in [0.29, 0.717) is 26.2 Å². The van der Waals surface area contributed by atoms with E-state index in [1.54, 1.807) is 0 Å². The summed E-state index contributed by atoms with van der Waals surface area (Å²) in [5.41, 5.74) is 6.36. The van der Waals surface area contributed by atoms with Crippen LogP contribution in [-0.2, 0) is 10.0 Å². The van der Waals surface area contributed by atoms with E-state index in [2.05, 4.69) is 24.0 Å². The van der Waals surface area contributed by atoms with Crippen molar-refractivity contribution in [2.24, 2.45) is 5.73 Å². The number of amides is 1. The SMILES string of the molecule is CCC(c1ccccc1)N1CCN(S(=O)(=O)c2ccc(C(N)=O)o2)CC1. The topological polar surface area (TPSA) is 96.9 Å². The summed E-state index contributed by atoms with van der Waals surface area (Å²) in [5.74, 6) is -0.942. The highest BCUT2D eigenvalue weighted by Gasteiger charge is 2.33. The Kier molecular flexibility index (Phi) is 5.45. The second-order valence-corrected chi connectivity index (χ2v) is 8.13. The number of furan rings is 1. The summed E-state index contributed by atoms with van der Waals surface area (Å²) < 4.78 is 31.9. The normalized spacial score (nSPS) is 17.9. The highest BCUT2D eigenvalue weighted by molar-refractivity contribution is 7.89. The molecule has 0 spiro atoms. The number of primary amides is 1. The lowest BCUT2D eigenvalue weighted by Gasteiger charge is -2.38. The molecule has 1 amide bonds. The van der Waals surface area contributed by atoms with E-state index in [4.69, 9.17) is 10.2 Å². The van der Waals surface area contributed by atoms with Gasteiger partial charge in [-0.15, -0.1) is 0 Å². The third-order valence-electron chi connectivity index (χ3n) is 4.70. The Bertz CT molecular complexity index is 856. The zero-order chi connectivity index (χ0) is 18.7. The third kappa shape index (κ3) is 3.67. The molecule has 26 heavy (non-hydrogen) atoms. The molecular formula is C18H23N3O4S. The van der Waals surface area contributed by atoms with Crippen LogP contribution in [0.4, 0.5) is 0 Å². The van der Waals surface area contributed by atoms with Gasteiger partial charge >= 0.3 is 0 Å². The van der Waals surface area contributed by atoms with Crippen LogP contribution in [0.15, 0.2) is 52.0 Å². The predicted octanol–water partition coefficient (Wildman–Crippen LogP) is 1.84. The first-order chi connectivity index (χ1) is 12.4. The quantitative estimate of drug-likeness (QED) is 0.828. The lowest BCUT2D eigenvalue weighted by atomic mass is 10.0. The van der Waals surface area contributed by atoms with Crippen molar-refractivity contribution < 1.29 is 17.6 Å². The maximum atomic E-state index is 12.7. The second kappa shape index (κ2) is 7.61. The minimum absolute atomic E-state index is 0.155. The molecule has 1 aromatic heterocycles. The van der Waals surface area contributed by atoms with Gasteiger partial charge in [-0.1, -0.05) is 37.3 Å². The molecule has 140 valence electrons. The van der Waals surface area contributed by atoms with Gasteiger partial charge in [-0.25, -0.2) is 8.42 Å². The number of benzene rings is 1. The summed E-state index contributed by atoms with van der Waals surface area (Å²) >= 11 is 0.